The van der Waals surface area contributed by atoms with Crippen molar-refractivity contribution in [2.45, 2.75) is 50.6 Å². The Morgan fingerprint density at radius 3 is 2.12 bits per heavy atom. The van der Waals surface area contributed by atoms with Crippen LogP contribution in [-0.4, -0.2) is 25.1 Å². The number of para-hydroxylation sites is 2. The van der Waals surface area contributed by atoms with Crippen molar-refractivity contribution in [3.63, 3.8) is 0 Å². The molecule has 9 rings (SSSR count). The molecule has 0 unspecified atom stereocenters. The molecule has 1 aliphatic heterocycles. The molecule has 0 amide bonds. The van der Waals surface area contributed by atoms with E-state index < -0.39 is 0 Å². The van der Waals surface area contributed by atoms with Crippen LogP contribution in [0.4, 0.5) is 11.6 Å². The smallest absolute Gasteiger partial charge is 0.214 e. The van der Waals surface area contributed by atoms with Crippen molar-refractivity contribution in [1.29, 1.82) is 0 Å². The van der Waals surface area contributed by atoms with Gasteiger partial charge in [-0.15, -0.1) is 0 Å². The molecule has 1 spiro atoms. The van der Waals surface area contributed by atoms with Gasteiger partial charge in [0.25, 0.3) is 0 Å². The molecule has 0 saturated heterocycles. The van der Waals surface area contributed by atoms with Crippen molar-refractivity contribution in [3.05, 3.63) is 103 Å². The summed E-state index contributed by atoms with van der Waals surface area (Å²) in [5.74, 6) is 1.59. The highest BCUT2D eigenvalue weighted by atomic mass is 16.3. The van der Waals surface area contributed by atoms with Crippen LogP contribution in [0.2, 0.25) is 0 Å². The van der Waals surface area contributed by atoms with E-state index in [4.69, 9.17) is 19.4 Å². The Labute approximate surface area is 249 Å². The van der Waals surface area contributed by atoms with Gasteiger partial charge in [-0.3, -0.25) is 9.47 Å². The van der Waals surface area contributed by atoms with Crippen molar-refractivity contribution in [2.24, 2.45) is 0 Å². The molecule has 7 aromatic rings. The Bertz CT molecular complexity index is 2170. The highest BCUT2D eigenvalue weighted by molar-refractivity contribution is 6.09. The molecule has 43 heavy (non-hydrogen) atoms. The van der Waals surface area contributed by atoms with Crippen molar-refractivity contribution in [3.8, 4) is 22.6 Å². The number of nitrogens with zero attached hydrogens (tertiary/aromatic N) is 5. The van der Waals surface area contributed by atoms with Crippen molar-refractivity contribution >= 4 is 44.7 Å². The lowest BCUT2D eigenvalue weighted by Crippen LogP contribution is -2.53. The van der Waals surface area contributed by atoms with Gasteiger partial charge in [0.05, 0.1) is 16.8 Å². The summed E-state index contributed by atoms with van der Waals surface area (Å²) in [6.45, 7) is 4.75. The van der Waals surface area contributed by atoms with E-state index in [1.54, 1.807) is 0 Å². The van der Waals surface area contributed by atoms with Gasteiger partial charge in [-0.05, 0) is 38.8 Å². The first kappa shape index (κ1) is 24.6. The monoisotopic (exact) mass is 561 g/mol. The number of anilines is 2. The Morgan fingerprint density at radius 2 is 1.35 bits per heavy atom. The first-order chi connectivity index (χ1) is 21.1. The Morgan fingerprint density at radius 1 is 0.674 bits per heavy atom. The van der Waals surface area contributed by atoms with Gasteiger partial charge in [0, 0.05) is 21.9 Å². The summed E-state index contributed by atoms with van der Waals surface area (Å²) in [6.07, 6.45) is 4.51. The lowest BCUT2D eigenvalue weighted by molar-refractivity contribution is 0.217. The molecule has 0 atom stereocenters. The number of imidazole rings is 1. The minimum absolute atomic E-state index is 0.164. The maximum Gasteiger partial charge on any atom is 0.214 e. The lowest BCUT2D eigenvalue weighted by Gasteiger charge is -2.44. The van der Waals surface area contributed by atoms with Gasteiger partial charge >= 0.3 is 0 Å². The summed E-state index contributed by atoms with van der Waals surface area (Å²) in [5, 5.41) is 2.27. The fourth-order valence-electron chi connectivity index (χ4n) is 7.88. The summed E-state index contributed by atoms with van der Waals surface area (Å²) >= 11 is 0. The highest BCUT2D eigenvalue weighted by Gasteiger charge is 2.60. The predicted molar refractivity (Wildman–Crippen MR) is 173 cm³/mol. The molecule has 4 heterocycles. The van der Waals surface area contributed by atoms with E-state index in [1.807, 2.05) is 30.3 Å². The van der Waals surface area contributed by atoms with Gasteiger partial charge in [-0.1, -0.05) is 104 Å². The Kier molecular flexibility index (Phi) is 5.02. The molecule has 6 heteroatoms. The second kappa shape index (κ2) is 8.77. The molecule has 1 aliphatic carbocycles. The van der Waals surface area contributed by atoms with Gasteiger partial charge in [0.15, 0.2) is 17.1 Å². The Hall–Kier alpha value is -4.97. The van der Waals surface area contributed by atoms with Crippen LogP contribution in [0.15, 0.2) is 108 Å². The third kappa shape index (κ3) is 3.26. The van der Waals surface area contributed by atoms with Crippen LogP contribution in [0, 0.1) is 0 Å². The zero-order valence-electron chi connectivity index (χ0n) is 24.3. The van der Waals surface area contributed by atoms with Gasteiger partial charge in [0.2, 0.25) is 5.95 Å². The van der Waals surface area contributed by atoms with E-state index >= 15 is 0 Å². The second-order valence-corrected chi connectivity index (χ2v) is 12.4. The van der Waals surface area contributed by atoms with Crippen LogP contribution in [0.5, 0.6) is 0 Å². The lowest BCUT2D eigenvalue weighted by atomic mass is 9.77. The first-order valence-corrected chi connectivity index (χ1v) is 15.2. The standard InChI is InChI=1S/C37H31N5O/c1-36(2)37(22-11-12-23-37)41(28-20-13-19-27-26-18-9-10-21-29(26)43-32(27)28)35-40-34-31(42(35)36)30(24-14-5-3-6-15-24)38-33(39-34)25-16-7-4-8-17-25/h3-10,13-21H,11-12,22-23H2,1-2H3. The largest absolute Gasteiger partial charge is 0.454 e. The van der Waals surface area contributed by atoms with Crippen LogP contribution in [0.25, 0.3) is 55.7 Å². The van der Waals surface area contributed by atoms with Crippen LogP contribution in [-0.2, 0) is 5.54 Å². The van der Waals surface area contributed by atoms with E-state index in [1.165, 1.54) is 12.8 Å². The molecule has 1 fully saturated rings. The van der Waals surface area contributed by atoms with Crippen molar-refractivity contribution < 1.29 is 4.42 Å². The average Bonchev–Trinajstić information content (AvgIpc) is 3.81. The molecule has 210 valence electrons. The quantitative estimate of drug-likeness (QED) is 0.215. The first-order valence-electron chi connectivity index (χ1n) is 15.2. The number of benzene rings is 4. The van der Waals surface area contributed by atoms with Crippen LogP contribution >= 0.6 is 0 Å². The molecule has 0 radical (unpaired) electrons. The average molecular weight is 562 g/mol. The molecule has 3 aromatic heterocycles. The third-order valence-corrected chi connectivity index (χ3v) is 9.96. The molecule has 0 bridgehead atoms. The number of hydrogen-bond acceptors (Lipinski definition) is 5. The summed E-state index contributed by atoms with van der Waals surface area (Å²) in [7, 11) is 0. The molecule has 6 nitrogen and oxygen atoms in total. The number of rotatable bonds is 3. The fraction of sp³-hybridized carbons (Fsp3) is 0.216. The number of aromatic nitrogens is 4. The topological polar surface area (TPSA) is 60.0 Å². The highest BCUT2D eigenvalue weighted by Crippen LogP contribution is 2.59. The van der Waals surface area contributed by atoms with Crippen LogP contribution < -0.4 is 4.90 Å². The number of furan rings is 1. The zero-order valence-corrected chi connectivity index (χ0v) is 24.3. The molecule has 1 saturated carbocycles. The van der Waals surface area contributed by atoms with E-state index in [9.17, 15) is 0 Å². The van der Waals surface area contributed by atoms with Crippen molar-refractivity contribution in [1.82, 2.24) is 19.5 Å². The number of fused-ring (bicyclic) bond motifs is 6. The third-order valence-electron chi connectivity index (χ3n) is 9.96. The van der Waals surface area contributed by atoms with E-state index in [0.717, 1.165) is 68.8 Å². The maximum absolute atomic E-state index is 6.62. The van der Waals surface area contributed by atoms with Gasteiger partial charge in [-0.2, -0.15) is 4.98 Å². The molecular weight excluding hydrogens is 530 g/mol. The molecule has 4 aromatic carbocycles. The summed E-state index contributed by atoms with van der Waals surface area (Å²) < 4.78 is 9.06. The van der Waals surface area contributed by atoms with Crippen molar-refractivity contribution in [2.75, 3.05) is 4.90 Å². The minimum atomic E-state index is -0.289. The van der Waals surface area contributed by atoms with Gasteiger partial charge in [-0.25, -0.2) is 9.97 Å². The molecular formula is C37H31N5O. The zero-order chi connectivity index (χ0) is 28.8. The van der Waals surface area contributed by atoms with Gasteiger partial charge < -0.3 is 4.42 Å². The summed E-state index contributed by atoms with van der Waals surface area (Å²) in [6, 6.07) is 35.5. The number of hydrogen-bond donors (Lipinski definition) is 0. The minimum Gasteiger partial charge on any atom is -0.454 e. The summed E-state index contributed by atoms with van der Waals surface area (Å²) in [5.41, 5.74) is 7.07. The van der Waals surface area contributed by atoms with E-state index in [-0.39, 0.29) is 11.1 Å². The Balaban J connectivity index is 1.38. The molecule has 2 aliphatic rings. The van der Waals surface area contributed by atoms with E-state index in [0.29, 0.717) is 11.5 Å². The second-order valence-electron chi connectivity index (χ2n) is 12.4. The fourth-order valence-corrected chi connectivity index (χ4v) is 7.88. The summed E-state index contributed by atoms with van der Waals surface area (Å²) in [4.78, 5) is 18.2. The van der Waals surface area contributed by atoms with Gasteiger partial charge in [0.1, 0.15) is 16.8 Å². The normalized spacial score (nSPS) is 17.0. The molecule has 0 N–H and O–H groups in total. The van der Waals surface area contributed by atoms with Crippen LogP contribution in [0.1, 0.15) is 39.5 Å². The van der Waals surface area contributed by atoms with E-state index in [2.05, 4.69) is 96.1 Å². The maximum atomic E-state index is 6.62. The SMILES string of the molecule is CC1(C)n2c(nc3nc(-c4ccccc4)nc(-c4ccccc4)c32)N(c2cccc3c2oc2ccccc23)C12CCCC2. The van der Waals surface area contributed by atoms with Crippen LogP contribution in [0.3, 0.4) is 0 Å². The predicted octanol–water partition coefficient (Wildman–Crippen LogP) is 9.26.